The van der Waals surface area contributed by atoms with E-state index in [1.807, 2.05) is 30.3 Å². The molecular weight excluding hydrogens is 346 g/mol. The Morgan fingerprint density at radius 3 is 2.81 bits per heavy atom. The molecule has 0 unspecified atom stereocenters. The van der Waals surface area contributed by atoms with Crippen molar-refractivity contribution in [2.75, 3.05) is 12.0 Å². The molecule has 1 fully saturated rings. The first-order valence-electron chi connectivity index (χ1n) is 8.83. The van der Waals surface area contributed by atoms with E-state index in [2.05, 4.69) is 11.9 Å². The smallest absolute Gasteiger partial charge is 0.232 e. The zero-order chi connectivity index (χ0) is 18.1. The van der Waals surface area contributed by atoms with E-state index in [9.17, 15) is 4.79 Å². The predicted molar refractivity (Wildman–Crippen MR) is 104 cm³/mol. The van der Waals surface area contributed by atoms with Crippen molar-refractivity contribution in [1.29, 1.82) is 0 Å². The van der Waals surface area contributed by atoms with Crippen LogP contribution in [-0.4, -0.2) is 23.0 Å². The van der Waals surface area contributed by atoms with Gasteiger partial charge in [0.15, 0.2) is 5.13 Å². The fourth-order valence-corrected chi connectivity index (χ4v) is 4.20. The highest BCUT2D eigenvalue weighted by Crippen LogP contribution is 2.38. The Morgan fingerprint density at radius 1 is 1.31 bits per heavy atom. The summed E-state index contributed by atoms with van der Waals surface area (Å²) in [6.07, 6.45) is 4.81. The number of anilines is 1. The Balaban J connectivity index is 1.76. The number of fused-ring (bicyclic) bond motifs is 1. The quantitative estimate of drug-likeness (QED) is 0.673. The lowest BCUT2D eigenvalue weighted by molar-refractivity contribution is -0.124. The average Bonchev–Trinajstić information content (AvgIpc) is 3.05. The summed E-state index contributed by atoms with van der Waals surface area (Å²) in [4.78, 5) is 24.0. The Hall–Kier alpha value is -2.47. The van der Waals surface area contributed by atoms with E-state index >= 15 is 0 Å². The largest absolute Gasteiger partial charge is 0.494 e. The lowest BCUT2D eigenvalue weighted by Crippen LogP contribution is -2.38. The van der Waals surface area contributed by atoms with Gasteiger partial charge in [-0.15, -0.1) is 0 Å². The fourth-order valence-electron chi connectivity index (χ4n) is 3.15. The van der Waals surface area contributed by atoms with Crippen LogP contribution in [0.15, 0.2) is 36.5 Å². The molecule has 26 heavy (non-hydrogen) atoms. The molecule has 1 aromatic carbocycles. The second kappa shape index (κ2) is 7.03. The Kier molecular flexibility index (Phi) is 4.59. The number of carbonyl (C=O) groups excluding carboxylic acids is 1. The molecule has 0 N–H and O–H groups in total. The lowest BCUT2D eigenvalue weighted by Gasteiger charge is -2.30. The molecule has 0 atom stereocenters. The predicted octanol–water partition coefficient (Wildman–Crippen LogP) is 4.34. The van der Waals surface area contributed by atoms with Gasteiger partial charge in [0, 0.05) is 12.1 Å². The van der Waals surface area contributed by atoms with Crippen LogP contribution >= 0.6 is 11.3 Å². The van der Waals surface area contributed by atoms with Gasteiger partial charge < -0.3 is 4.74 Å². The van der Waals surface area contributed by atoms with Crippen LogP contribution in [0.4, 0.5) is 5.13 Å². The standard InChI is InChI=1S/C20H21N3O2S/c1-13-9-10-16(25-2)17-18(13)26-20(22-17)23(19(24)14-6-5-7-14)12-15-8-3-4-11-21-15/h3-4,8-11,14H,5-7,12H2,1-2H3. The Morgan fingerprint density at radius 2 is 2.15 bits per heavy atom. The van der Waals surface area contributed by atoms with E-state index in [1.165, 1.54) is 0 Å². The van der Waals surface area contributed by atoms with Crippen LogP contribution in [0.1, 0.15) is 30.5 Å². The molecule has 1 saturated carbocycles. The highest BCUT2D eigenvalue weighted by molar-refractivity contribution is 7.22. The number of nitrogens with zero attached hydrogens (tertiary/aromatic N) is 3. The molecule has 5 nitrogen and oxygen atoms in total. The van der Waals surface area contributed by atoms with Crippen molar-refractivity contribution in [3.63, 3.8) is 0 Å². The van der Waals surface area contributed by atoms with Crippen LogP contribution in [-0.2, 0) is 11.3 Å². The average molecular weight is 367 g/mol. The first kappa shape index (κ1) is 17.0. The first-order valence-corrected chi connectivity index (χ1v) is 9.64. The van der Waals surface area contributed by atoms with Crippen LogP contribution in [0.2, 0.25) is 0 Å². The molecule has 0 spiro atoms. The number of methoxy groups -OCH3 is 1. The van der Waals surface area contributed by atoms with Gasteiger partial charge in [0.1, 0.15) is 11.3 Å². The summed E-state index contributed by atoms with van der Waals surface area (Å²) in [6, 6.07) is 9.73. The number of aromatic nitrogens is 2. The molecule has 4 rings (SSSR count). The molecule has 6 heteroatoms. The summed E-state index contributed by atoms with van der Waals surface area (Å²) >= 11 is 1.55. The summed E-state index contributed by atoms with van der Waals surface area (Å²) in [7, 11) is 1.65. The SMILES string of the molecule is COc1ccc(C)c2sc(N(Cc3ccccn3)C(=O)C3CCC3)nc12. The molecule has 0 radical (unpaired) electrons. The van der Waals surface area contributed by atoms with Crippen LogP contribution < -0.4 is 9.64 Å². The maximum absolute atomic E-state index is 13.1. The molecule has 1 aliphatic carbocycles. The van der Waals surface area contributed by atoms with Crippen molar-refractivity contribution < 1.29 is 9.53 Å². The second-order valence-corrected chi connectivity index (χ2v) is 7.61. The lowest BCUT2D eigenvalue weighted by atomic mass is 9.84. The van der Waals surface area contributed by atoms with Gasteiger partial charge in [0.2, 0.25) is 5.91 Å². The van der Waals surface area contributed by atoms with E-state index < -0.39 is 0 Å². The molecular formula is C20H21N3O2S. The summed E-state index contributed by atoms with van der Waals surface area (Å²) in [5.74, 6) is 0.994. The van der Waals surface area contributed by atoms with Crippen LogP contribution in [0.5, 0.6) is 5.75 Å². The highest BCUT2D eigenvalue weighted by Gasteiger charge is 2.32. The number of hydrogen-bond donors (Lipinski definition) is 0. The summed E-state index contributed by atoms with van der Waals surface area (Å²) < 4.78 is 6.52. The van der Waals surface area contributed by atoms with E-state index in [1.54, 1.807) is 29.5 Å². The summed E-state index contributed by atoms with van der Waals surface area (Å²) in [6.45, 7) is 2.50. The number of aryl methyl sites for hydroxylation is 1. The van der Waals surface area contributed by atoms with Crippen LogP contribution in [0.25, 0.3) is 10.2 Å². The van der Waals surface area contributed by atoms with Gasteiger partial charge in [-0.05, 0) is 43.5 Å². The third kappa shape index (κ3) is 3.05. The molecule has 0 aliphatic heterocycles. The maximum Gasteiger partial charge on any atom is 0.232 e. The van der Waals surface area contributed by atoms with Crippen LogP contribution in [0, 0.1) is 12.8 Å². The van der Waals surface area contributed by atoms with E-state index in [4.69, 9.17) is 9.72 Å². The van der Waals surface area contributed by atoms with E-state index in [0.717, 1.165) is 51.6 Å². The van der Waals surface area contributed by atoms with E-state index in [-0.39, 0.29) is 11.8 Å². The van der Waals surface area contributed by atoms with Crippen LogP contribution in [0.3, 0.4) is 0 Å². The van der Waals surface area contributed by atoms with Gasteiger partial charge in [-0.25, -0.2) is 4.98 Å². The van der Waals surface area contributed by atoms with Gasteiger partial charge in [0.05, 0.1) is 24.0 Å². The molecule has 1 amide bonds. The molecule has 2 aromatic heterocycles. The second-order valence-electron chi connectivity index (χ2n) is 6.63. The molecule has 0 saturated heterocycles. The van der Waals surface area contributed by atoms with E-state index in [0.29, 0.717) is 6.54 Å². The number of thiazole rings is 1. The number of benzene rings is 1. The minimum atomic E-state index is 0.105. The number of ether oxygens (including phenoxy) is 1. The molecule has 3 aromatic rings. The number of carbonyl (C=O) groups is 1. The highest BCUT2D eigenvalue weighted by atomic mass is 32.1. The maximum atomic E-state index is 13.1. The minimum Gasteiger partial charge on any atom is -0.494 e. The number of pyridine rings is 1. The normalized spacial score (nSPS) is 14.2. The first-order chi connectivity index (χ1) is 12.7. The summed E-state index contributed by atoms with van der Waals surface area (Å²) in [5, 5.41) is 0.718. The molecule has 0 bridgehead atoms. The number of hydrogen-bond acceptors (Lipinski definition) is 5. The Bertz CT molecular complexity index is 935. The summed E-state index contributed by atoms with van der Waals surface area (Å²) in [5.41, 5.74) is 2.82. The van der Waals surface area contributed by atoms with Crippen molar-refractivity contribution in [2.45, 2.75) is 32.7 Å². The zero-order valence-electron chi connectivity index (χ0n) is 14.9. The Labute approximate surface area is 156 Å². The van der Waals surface area contributed by atoms with Crippen molar-refractivity contribution in [1.82, 2.24) is 9.97 Å². The van der Waals surface area contributed by atoms with Crippen molar-refractivity contribution in [3.05, 3.63) is 47.8 Å². The van der Waals surface area contributed by atoms with Crippen molar-refractivity contribution in [3.8, 4) is 5.75 Å². The zero-order valence-corrected chi connectivity index (χ0v) is 15.8. The minimum absolute atomic E-state index is 0.105. The third-order valence-corrected chi connectivity index (χ3v) is 6.12. The molecule has 1 aliphatic rings. The van der Waals surface area contributed by atoms with Gasteiger partial charge in [-0.1, -0.05) is 29.9 Å². The third-order valence-electron chi connectivity index (χ3n) is 4.91. The van der Waals surface area contributed by atoms with Gasteiger partial charge >= 0.3 is 0 Å². The topological polar surface area (TPSA) is 55.3 Å². The monoisotopic (exact) mass is 367 g/mol. The van der Waals surface area contributed by atoms with Crippen molar-refractivity contribution >= 4 is 32.6 Å². The number of amides is 1. The van der Waals surface area contributed by atoms with Crippen molar-refractivity contribution in [2.24, 2.45) is 5.92 Å². The van der Waals surface area contributed by atoms with Gasteiger partial charge in [-0.2, -0.15) is 0 Å². The van der Waals surface area contributed by atoms with Gasteiger partial charge in [-0.3, -0.25) is 14.7 Å². The molecule has 2 heterocycles. The molecule has 134 valence electrons. The number of rotatable bonds is 5. The van der Waals surface area contributed by atoms with Gasteiger partial charge in [0.25, 0.3) is 0 Å². The fraction of sp³-hybridized carbons (Fsp3) is 0.350.